The second kappa shape index (κ2) is 6.19. The maximum atomic E-state index is 11.5. The summed E-state index contributed by atoms with van der Waals surface area (Å²) in [6.07, 6.45) is 0. The van der Waals surface area contributed by atoms with E-state index in [1.54, 1.807) is 0 Å². The van der Waals surface area contributed by atoms with Crippen molar-refractivity contribution in [1.82, 2.24) is 0 Å². The number of ether oxygens (including phenoxy) is 3. The van der Waals surface area contributed by atoms with Crippen molar-refractivity contribution in [2.45, 2.75) is 0 Å². The van der Waals surface area contributed by atoms with E-state index in [4.69, 9.17) is 11.6 Å². The van der Waals surface area contributed by atoms with Crippen LogP contribution in [0.3, 0.4) is 0 Å². The highest BCUT2D eigenvalue weighted by Gasteiger charge is 2.23. The molecule has 0 aliphatic carbocycles. The molecule has 0 unspecified atom stereocenters. The normalized spacial score (nSPS) is 9.68. The summed E-state index contributed by atoms with van der Waals surface area (Å²) in [5.41, 5.74) is -0.243. The summed E-state index contributed by atoms with van der Waals surface area (Å²) in [4.78, 5) is 34.6. The molecule has 1 rings (SSSR count). The Morgan fingerprint density at radius 2 is 1.21 bits per heavy atom. The van der Waals surface area contributed by atoms with Gasteiger partial charge in [0.1, 0.15) is 0 Å². The lowest BCUT2D eigenvalue weighted by atomic mass is 10.1. The van der Waals surface area contributed by atoms with Crippen molar-refractivity contribution in [2.75, 3.05) is 21.3 Å². The number of rotatable bonds is 3. The summed E-state index contributed by atoms with van der Waals surface area (Å²) in [6.45, 7) is 0. The lowest BCUT2D eigenvalue weighted by Crippen LogP contribution is -2.12. The van der Waals surface area contributed by atoms with Crippen molar-refractivity contribution in [3.63, 3.8) is 0 Å². The summed E-state index contributed by atoms with van der Waals surface area (Å²) in [5, 5.41) is -0.147. The highest BCUT2D eigenvalue weighted by atomic mass is 35.5. The van der Waals surface area contributed by atoms with E-state index in [-0.39, 0.29) is 21.7 Å². The molecule has 0 aliphatic heterocycles. The fourth-order valence-corrected chi connectivity index (χ4v) is 1.64. The van der Waals surface area contributed by atoms with Gasteiger partial charge in [0.05, 0.1) is 43.0 Å². The number of hydrogen-bond donors (Lipinski definition) is 0. The van der Waals surface area contributed by atoms with Crippen LogP contribution in [0.25, 0.3) is 0 Å². The van der Waals surface area contributed by atoms with Crippen molar-refractivity contribution in [3.05, 3.63) is 33.8 Å². The molecule has 0 bridgehead atoms. The molecule has 1 aromatic carbocycles. The van der Waals surface area contributed by atoms with Crippen LogP contribution < -0.4 is 0 Å². The van der Waals surface area contributed by atoms with Gasteiger partial charge in [0.2, 0.25) is 0 Å². The number of hydrogen-bond acceptors (Lipinski definition) is 6. The first-order valence-electron chi connectivity index (χ1n) is 5.04. The lowest BCUT2D eigenvalue weighted by Gasteiger charge is -2.09. The summed E-state index contributed by atoms with van der Waals surface area (Å²) in [6, 6.07) is 2.37. The molecule has 7 heteroatoms. The minimum absolute atomic E-state index is 0.00676. The molecule has 0 fully saturated rings. The Hall–Kier alpha value is -2.08. The average molecular weight is 287 g/mol. The Kier molecular flexibility index (Phi) is 4.88. The van der Waals surface area contributed by atoms with E-state index in [1.807, 2.05) is 0 Å². The summed E-state index contributed by atoms with van der Waals surface area (Å²) in [5.74, 6) is -2.27. The Morgan fingerprint density at radius 3 is 1.53 bits per heavy atom. The van der Waals surface area contributed by atoms with Gasteiger partial charge in [-0.15, -0.1) is 0 Å². The maximum Gasteiger partial charge on any atom is 0.339 e. The molecule has 0 amide bonds. The van der Waals surface area contributed by atoms with Gasteiger partial charge in [-0.2, -0.15) is 0 Å². The van der Waals surface area contributed by atoms with Gasteiger partial charge in [-0.25, -0.2) is 14.4 Å². The fourth-order valence-electron chi connectivity index (χ4n) is 1.38. The van der Waals surface area contributed by atoms with Crippen LogP contribution in [0.2, 0.25) is 5.02 Å². The van der Waals surface area contributed by atoms with Crippen LogP contribution in [-0.2, 0) is 14.2 Å². The molecule has 0 saturated carbocycles. The third kappa shape index (κ3) is 3.03. The molecule has 102 valence electrons. The summed E-state index contributed by atoms with van der Waals surface area (Å²) >= 11 is 5.92. The van der Waals surface area contributed by atoms with Gasteiger partial charge in [0, 0.05) is 0 Å². The van der Waals surface area contributed by atoms with E-state index in [0.717, 1.165) is 14.2 Å². The minimum Gasteiger partial charge on any atom is -0.465 e. The lowest BCUT2D eigenvalue weighted by molar-refractivity contribution is 0.0598. The molecule has 0 radical (unpaired) electrons. The van der Waals surface area contributed by atoms with Crippen molar-refractivity contribution in [3.8, 4) is 0 Å². The molecule has 0 saturated heterocycles. The minimum atomic E-state index is -0.777. The zero-order chi connectivity index (χ0) is 14.6. The van der Waals surface area contributed by atoms with Gasteiger partial charge in [0.15, 0.2) is 0 Å². The van der Waals surface area contributed by atoms with Crippen molar-refractivity contribution in [1.29, 1.82) is 0 Å². The molecule has 1 aromatic rings. The number of carbonyl (C=O) groups is 3. The van der Waals surface area contributed by atoms with Crippen LogP contribution in [0.15, 0.2) is 12.1 Å². The SMILES string of the molecule is COC(=O)c1cc(C(=O)OC)c(Cl)c(C(=O)OC)c1. The van der Waals surface area contributed by atoms with Gasteiger partial charge in [-0.3, -0.25) is 0 Å². The van der Waals surface area contributed by atoms with Crippen LogP contribution in [0.4, 0.5) is 0 Å². The molecular weight excluding hydrogens is 276 g/mol. The predicted octanol–water partition coefficient (Wildman–Crippen LogP) is 1.70. The van der Waals surface area contributed by atoms with Gasteiger partial charge < -0.3 is 14.2 Å². The molecule has 0 spiro atoms. The third-order valence-corrected chi connectivity index (χ3v) is 2.71. The largest absolute Gasteiger partial charge is 0.465 e. The van der Waals surface area contributed by atoms with E-state index < -0.39 is 17.9 Å². The molecule has 19 heavy (non-hydrogen) atoms. The molecular formula is C12H11ClO6. The van der Waals surface area contributed by atoms with E-state index in [2.05, 4.69) is 14.2 Å². The topological polar surface area (TPSA) is 78.9 Å². The Bertz CT molecular complexity index is 500. The van der Waals surface area contributed by atoms with Gasteiger partial charge >= 0.3 is 17.9 Å². The molecule has 6 nitrogen and oxygen atoms in total. The maximum absolute atomic E-state index is 11.5. The van der Waals surface area contributed by atoms with E-state index in [9.17, 15) is 14.4 Å². The number of halogens is 1. The van der Waals surface area contributed by atoms with Crippen LogP contribution in [-0.4, -0.2) is 39.2 Å². The van der Waals surface area contributed by atoms with Crippen LogP contribution in [0.1, 0.15) is 31.1 Å². The third-order valence-electron chi connectivity index (χ3n) is 2.30. The molecule has 0 aliphatic rings. The van der Waals surface area contributed by atoms with Gasteiger partial charge in [0.25, 0.3) is 0 Å². The quantitative estimate of drug-likeness (QED) is 0.621. The zero-order valence-corrected chi connectivity index (χ0v) is 11.2. The van der Waals surface area contributed by atoms with Crippen molar-refractivity contribution < 1.29 is 28.6 Å². The van der Waals surface area contributed by atoms with Crippen LogP contribution >= 0.6 is 11.6 Å². The van der Waals surface area contributed by atoms with Crippen molar-refractivity contribution in [2.24, 2.45) is 0 Å². The standard InChI is InChI=1S/C12H11ClO6/c1-17-10(14)6-4-7(11(15)18-2)9(13)8(5-6)12(16)19-3/h4-5H,1-3H3. The van der Waals surface area contributed by atoms with Gasteiger partial charge in [-0.05, 0) is 12.1 Å². The Balaban J connectivity index is 3.51. The van der Waals surface area contributed by atoms with E-state index >= 15 is 0 Å². The van der Waals surface area contributed by atoms with E-state index in [0.29, 0.717) is 0 Å². The summed E-state index contributed by atoms with van der Waals surface area (Å²) < 4.78 is 13.6. The van der Waals surface area contributed by atoms with Gasteiger partial charge in [-0.1, -0.05) is 11.6 Å². The first-order valence-corrected chi connectivity index (χ1v) is 5.42. The second-order valence-electron chi connectivity index (χ2n) is 3.36. The molecule has 0 atom stereocenters. The number of methoxy groups -OCH3 is 3. The average Bonchev–Trinajstić information content (AvgIpc) is 2.44. The second-order valence-corrected chi connectivity index (χ2v) is 3.74. The highest BCUT2D eigenvalue weighted by Crippen LogP contribution is 2.25. The molecule has 0 aromatic heterocycles. The van der Waals surface area contributed by atoms with Crippen LogP contribution in [0, 0.1) is 0 Å². The zero-order valence-electron chi connectivity index (χ0n) is 10.5. The smallest absolute Gasteiger partial charge is 0.339 e. The number of benzene rings is 1. The monoisotopic (exact) mass is 286 g/mol. The Labute approximate surface area is 114 Å². The van der Waals surface area contributed by atoms with E-state index in [1.165, 1.54) is 19.2 Å². The first kappa shape index (κ1) is 15.0. The first-order chi connectivity index (χ1) is 8.96. The molecule has 0 N–H and O–H groups in total. The predicted molar refractivity (Wildman–Crippen MR) is 65.5 cm³/mol. The van der Waals surface area contributed by atoms with Crippen molar-refractivity contribution >= 4 is 29.5 Å². The fraction of sp³-hybridized carbons (Fsp3) is 0.250. The number of carbonyl (C=O) groups excluding carboxylic acids is 3. The number of esters is 3. The molecule has 0 heterocycles. The summed E-state index contributed by atoms with van der Waals surface area (Å²) in [7, 11) is 3.48. The highest BCUT2D eigenvalue weighted by molar-refractivity contribution is 6.36. The van der Waals surface area contributed by atoms with Crippen LogP contribution in [0.5, 0.6) is 0 Å². The Morgan fingerprint density at radius 1 is 0.842 bits per heavy atom.